The SMILES string of the molecule is C#CCC(N)C(=O)Nc1cnc2ccccc2c1. The minimum atomic E-state index is -0.693. The van der Waals surface area contributed by atoms with E-state index in [0.717, 1.165) is 10.9 Å². The number of hydrogen-bond donors (Lipinski definition) is 2. The quantitative estimate of drug-likeness (QED) is 0.798. The van der Waals surface area contributed by atoms with Gasteiger partial charge in [0.05, 0.1) is 23.4 Å². The lowest BCUT2D eigenvalue weighted by Crippen LogP contribution is -2.35. The van der Waals surface area contributed by atoms with Crippen LogP contribution in [0.1, 0.15) is 6.42 Å². The van der Waals surface area contributed by atoms with Gasteiger partial charge in [0.2, 0.25) is 5.91 Å². The predicted octanol–water partition coefficient (Wildman–Crippen LogP) is 1.52. The Kier molecular flexibility index (Phi) is 3.56. The third kappa shape index (κ3) is 2.65. The van der Waals surface area contributed by atoms with E-state index in [4.69, 9.17) is 12.2 Å². The van der Waals surface area contributed by atoms with Crippen molar-refractivity contribution < 1.29 is 4.79 Å². The molecule has 4 nitrogen and oxygen atoms in total. The Morgan fingerprint density at radius 1 is 1.50 bits per heavy atom. The lowest BCUT2D eigenvalue weighted by Gasteiger charge is -2.09. The standard InChI is InChI=1S/C14H13N3O/c1-2-5-12(15)14(18)17-11-8-10-6-3-4-7-13(10)16-9-11/h1,3-4,6-9,12H,5,15H2,(H,17,18). The molecule has 1 aromatic heterocycles. The summed E-state index contributed by atoms with van der Waals surface area (Å²) in [6, 6.07) is 8.82. The molecule has 0 saturated heterocycles. The number of aromatic nitrogens is 1. The summed E-state index contributed by atoms with van der Waals surface area (Å²) in [5.74, 6) is 2.06. The fourth-order valence-corrected chi connectivity index (χ4v) is 1.59. The van der Waals surface area contributed by atoms with E-state index in [1.807, 2.05) is 30.3 Å². The normalized spacial score (nSPS) is 11.8. The molecule has 1 atom stereocenters. The van der Waals surface area contributed by atoms with E-state index in [0.29, 0.717) is 5.69 Å². The monoisotopic (exact) mass is 239 g/mol. The summed E-state index contributed by atoms with van der Waals surface area (Å²) in [5.41, 5.74) is 7.11. The summed E-state index contributed by atoms with van der Waals surface area (Å²) in [4.78, 5) is 15.9. The van der Waals surface area contributed by atoms with Crippen molar-refractivity contribution in [2.75, 3.05) is 5.32 Å². The minimum Gasteiger partial charge on any atom is -0.323 e. The number of nitrogens with two attached hydrogens (primary N) is 1. The van der Waals surface area contributed by atoms with Gasteiger partial charge in [-0.25, -0.2) is 0 Å². The van der Waals surface area contributed by atoms with Crippen LogP contribution in [0.5, 0.6) is 0 Å². The average Bonchev–Trinajstić information content (AvgIpc) is 2.39. The third-order valence-electron chi connectivity index (χ3n) is 2.53. The Morgan fingerprint density at radius 3 is 3.06 bits per heavy atom. The van der Waals surface area contributed by atoms with Crippen LogP contribution in [0.25, 0.3) is 10.9 Å². The van der Waals surface area contributed by atoms with Crippen molar-refractivity contribution in [1.82, 2.24) is 4.98 Å². The number of rotatable bonds is 3. The van der Waals surface area contributed by atoms with Gasteiger partial charge in [0.25, 0.3) is 0 Å². The van der Waals surface area contributed by atoms with Gasteiger partial charge in [-0.05, 0) is 12.1 Å². The lowest BCUT2D eigenvalue weighted by molar-refractivity contribution is -0.117. The van der Waals surface area contributed by atoms with Gasteiger partial charge < -0.3 is 11.1 Å². The third-order valence-corrected chi connectivity index (χ3v) is 2.53. The molecular formula is C14H13N3O. The van der Waals surface area contributed by atoms with E-state index in [1.165, 1.54) is 0 Å². The van der Waals surface area contributed by atoms with E-state index in [2.05, 4.69) is 16.2 Å². The summed E-state index contributed by atoms with van der Waals surface area (Å²) >= 11 is 0. The van der Waals surface area contributed by atoms with Crippen LogP contribution in [0, 0.1) is 12.3 Å². The molecule has 1 amide bonds. The first-order valence-electron chi connectivity index (χ1n) is 5.55. The minimum absolute atomic E-state index is 0.215. The van der Waals surface area contributed by atoms with Gasteiger partial charge in [0, 0.05) is 11.8 Å². The van der Waals surface area contributed by atoms with Crippen molar-refractivity contribution in [3.8, 4) is 12.3 Å². The lowest BCUT2D eigenvalue weighted by atomic mass is 10.2. The molecule has 1 heterocycles. The summed E-state index contributed by atoms with van der Waals surface area (Å²) in [6.45, 7) is 0. The summed E-state index contributed by atoms with van der Waals surface area (Å²) in [6.07, 6.45) is 6.93. The van der Waals surface area contributed by atoms with E-state index in [1.54, 1.807) is 6.20 Å². The molecule has 0 aliphatic heterocycles. The Labute approximate surface area is 105 Å². The van der Waals surface area contributed by atoms with Gasteiger partial charge >= 0.3 is 0 Å². The molecule has 0 aliphatic carbocycles. The number of para-hydroxylation sites is 1. The van der Waals surface area contributed by atoms with Gasteiger partial charge in [-0.1, -0.05) is 18.2 Å². The molecule has 0 spiro atoms. The number of nitrogens with one attached hydrogen (secondary N) is 1. The smallest absolute Gasteiger partial charge is 0.242 e. The molecule has 2 aromatic rings. The van der Waals surface area contributed by atoms with Gasteiger partial charge in [-0.15, -0.1) is 12.3 Å². The number of anilines is 1. The zero-order chi connectivity index (χ0) is 13.0. The topological polar surface area (TPSA) is 68.0 Å². The van der Waals surface area contributed by atoms with E-state index < -0.39 is 6.04 Å². The highest BCUT2D eigenvalue weighted by Gasteiger charge is 2.12. The van der Waals surface area contributed by atoms with Crippen molar-refractivity contribution >= 4 is 22.5 Å². The first-order valence-corrected chi connectivity index (χ1v) is 5.55. The molecule has 0 saturated carbocycles. The maximum Gasteiger partial charge on any atom is 0.242 e. The molecular weight excluding hydrogens is 226 g/mol. The van der Waals surface area contributed by atoms with E-state index in [9.17, 15) is 4.79 Å². The molecule has 1 unspecified atom stereocenters. The zero-order valence-electron chi connectivity index (χ0n) is 9.76. The Morgan fingerprint density at radius 2 is 2.28 bits per heavy atom. The van der Waals surface area contributed by atoms with Gasteiger partial charge in [-0.2, -0.15) is 0 Å². The highest BCUT2D eigenvalue weighted by atomic mass is 16.2. The molecule has 0 radical (unpaired) electrons. The van der Waals surface area contributed by atoms with Crippen LogP contribution in [-0.4, -0.2) is 16.9 Å². The largest absolute Gasteiger partial charge is 0.323 e. The molecule has 0 fully saturated rings. The molecule has 0 bridgehead atoms. The fourth-order valence-electron chi connectivity index (χ4n) is 1.59. The van der Waals surface area contributed by atoms with Crippen LogP contribution in [-0.2, 0) is 4.79 Å². The second kappa shape index (κ2) is 5.30. The van der Waals surface area contributed by atoms with Crippen molar-refractivity contribution in [3.05, 3.63) is 36.5 Å². The second-order valence-corrected chi connectivity index (χ2v) is 3.92. The molecule has 90 valence electrons. The maximum atomic E-state index is 11.7. The summed E-state index contributed by atoms with van der Waals surface area (Å²) in [7, 11) is 0. The van der Waals surface area contributed by atoms with Crippen LogP contribution in [0.3, 0.4) is 0 Å². The molecule has 2 rings (SSSR count). The second-order valence-electron chi connectivity index (χ2n) is 3.92. The Bertz CT molecular complexity index is 616. The first kappa shape index (κ1) is 12.1. The predicted molar refractivity (Wildman–Crippen MR) is 71.8 cm³/mol. The number of carbonyl (C=O) groups excluding carboxylic acids is 1. The van der Waals surface area contributed by atoms with Crippen molar-refractivity contribution in [3.63, 3.8) is 0 Å². The number of amides is 1. The number of benzene rings is 1. The van der Waals surface area contributed by atoms with Gasteiger partial charge in [0.1, 0.15) is 0 Å². The van der Waals surface area contributed by atoms with Crippen LogP contribution in [0.15, 0.2) is 36.5 Å². The number of terminal acetylenes is 1. The highest BCUT2D eigenvalue weighted by Crippen LogP contribution is 2.16. The molecule has 3 N–H and O–H groups in total. The average molecular weight is 239 g/mol. The van der Waals surface area contributed by atoms with E-state index >= 15 is 0 Å². The Hall–Kier alpha value is -2.38. The highest BCUT2D eigenvalue weighted by molar-refractivity contribution is 5.96. The molecule has 4 heteroatoms. The Balaban J connectivity index is 2.17. The van der Waals surface area contributed by atoms with Crippen LogP contribution < -0.4 is 11.1 Å². The van der Waals surface area contributed by atoms with Gasteiger partial charge in [0.15, 0.2) is 0 Å². The van der Waals surface area contributed by atoms with Crippen LogP contribution in [0.4, 0.5) is 5.69 Å². The molecule has 18 heavy (non-hydrogen) atoms. The fraction of sp³-hybridized carbons (Fsp3) is 0.143. The van der Waals surface area contributed by atoms with Gasteiger partial charge in [-0.3, -0.25) is 9.78 Å². The van der Waals surface area contributed by atoms with Crippen molar-refractivity contribution in [2.24, 2.45) is 5.73 Å². The number of pyridine rings is 1. The molecule has 1 aromatic carbocycles. The van der Waals surface area contributed by atoms with Crippen LogP contribution in [0.2, 0.25) is 0 Å². The number of fused-ring (bicyclic) bond motifs is 1. The first-order chi connectivity index (χ1) is 8.70. The molecule has 0 aliphatic rings. The number of nitrogens with zero attached hydrogens (tertiary/aromatic N) is 1. The zero-order valence-corrected chi connectivity index (χ0v) is 9.76. The number of hydrogen-bond acceptors (Lipinski definition) is 3. The summed E-state index contributed by atoms with van der Waals surface area (Å²) < 4.78 is 0. The van der Waals surface area contributed by atoms with Crippen LogP contribution >= 0.6 is 0 Å². The van der Waals surface area contributed by atoms with E-state index in [-0.39, 0.29) is 12.3 Å². The van der Waals surface area contributed by atoms with Crippen molar-refractivity contribution in [1.29, 1.82) is 0 Å². The number of carbonyl (C=O) groups is 1. The maximum absolute atomic E-state index is 11.7. The van der Waals surface area contributed by atoms with Crippen molar-refractivity contribution in [2.45, 2.75) is 12.5 Å². The summed E-state index contributed by atoms with van der Waals surface area (Å²) in [5, 5.41) is 3.66.